The van der Waals surface area contributed by atoms with Gasteiger partial charge in [-0.1, -0.05) is 24.3 Å². The highest BCUT2D eigenvalue weighted by molar-refractivity contribution is 6.00. The standard InChI is InChI=1S/C14H11NO2/c16-10-6-4-9(5-7-10)11-2-1-3-12-13(11)8-15-14(12)17/h1-7,16H,8H2,(H,15,17). The van der Waals surface area contributed by atoms with Gasteiger partial charge >= 0.3 is 0 Å². The van der Waals surface area contributed by atoms with Crippen LogP contribution in [0.1, 0.15) is 15.9 Å². The van der Waals surface area contributed by atoms with Gasteiger partial charge in [0, 0.05) is 12.1 Å². The summed E-state index contributed by atoms with van der Waals surface area (Å²) in [5, 5.41) is 12.1. The highest BCUT2D eigenvalue weighted by Gasteiger charge is 2.21. The van der Waals surface area contributed by atoms with Crippen LogP contribution in [0.4, 0.5) is 0 Å². The Hall–Kier alpha value is -2.29. The number of carbonyl (C=O) groups is 1. The third kappa shape index (κ3) is 1.56. The Morgan fingerprint density at radius 3 is 2.47 bits per heavy atom. The van der Waals surface area contributed by atoms with Crippen molar-refractivity contribution in [2.45, 2.75) is 6.54 Å². The predicted octanol–water partition coefficient (Wildman–Crippen LogP) is 2.30. The Bertz CT molecular complexity index is 588. The first-order valence-electron chi connectivity index (χ1n) is 5.45. The molecule has 3 nitrogen and oxygen atoms in total. The zero-order valence-electron chi connectivity index (χ0n) is 9.10. The highest BCUT2D eigenvalue weighted by Crippen LogP contribution is 2.29. The number of nitrogens with one attached hydrogen (secondary N) is 1. The molecule has 84 valence electrons. The van der Waals surface area contributed by atoms with Gasteiger partial charge in [-0.15, -0.1) is 0 Å². The molecule has 1 aliphatic heterocycles. The van der Waals surface area contributed by atoms with Crippen LogP contribution in [0, 0.1) is 0 Å². The van der Waals surface area contributed by atoms with Crippen molar-refractivity contribution in [3.05, 3.63) is 53.6 Å². The molecule has 2 aromatic rings. The predicted molar refractivity (Wildman–Crippen MR) is 64.7 cm³/mol. The summed E-state index contributed by atoms with van der Waals surface area (Å²) in [5.41, 5.74) is 3.83. The SMILES string of the molecule is O=C1NCc2c1cccc2-c1ccc(O)cc1. The third-order valence-corrected chi connectivity index (χ3v) is 3.02. The summed E-state index contributed by atoms with van der Waals surface area (Å²) >= 11 is 0. The van der Waals surface area contributed by atoms with Gasteiger partial charge in [-0.3, -0.25) is 4.79 Å². The summed E-state index contributed by atoms with van der Waals surface area (Å²) in [6.45, 7) is 0.575. The molecule has 0 atom stereocenters. The second kappa shape index (κ2) is 3.63. The highest BCUT2D eigenvalue weighted by atomic mass is 16.3. The van der Waals surface area contributed by atoms with Crippen LogP contribution in [-0.4, -0.2) is 11.0 Å². The van der Waals surface area contributed by atoms with E-state index in [1.165, 1.54) is 0 Å². The molecule has 0 saturated carbocycles. The molecule has 0 fully saturated rings. The van der Waals surface area contributed by atoms with Crippen molar-refractivity contribution in [1.82, 2.24) is 5.32 Å². The topological polar surface area (TPSA) is 49.3 Å². The molecule has 0 bridgehead atoms. The fraction of sp³-hybridized carbons (Fsp3) is 0.0714. The van der Waals surface area contributed by atoms with Crippen molar-refractivity contribution in [2.24, 2.45) is 0 Å². The maximum atomic E-state index is 11.6. The fourth-order valence-electron chi connectivity index (χ4n) is 2.17. The monoisotopic (exact) mass is 225 g/mol. The Labute approximate surface area is 98.7 Å². The van der Waals surface area contributed by atoms with E-state index in [1.807, 2.05) is 30.3 Å². The number of amides is 1. The minimum Gasteiger partial charge on any atom is -0.508 e. The summed E-state index contributed by atoms with van der Waals surface area (Å²) in [7, 11) is 0. The second-order valence-corrected chi connectivity index (χ2v) is 4.06. The van der Waals surface area contributed by atoms with Crippen LogP contribution in [0.5, 0.6) is 5.75 Å². The fourth-order valence-corrected chi connectivity index (χ4v) is 2.17. The molecular formula is C14H11NO2. The number of fused-ring (bicyclic) bond motifs is 1. The first-order valence-corrected chi connectivity index (χ1v) is 5.45. The molecule has 0 saturated heterocycles. The minimum absolute atomic E-state index is 0.0133. The molecule has 3 rings (SSSR count). The summed E-state index contributed by atoms with van der Waals surface area (Å²) in [4.78, 5) is 11.6. The van der Waals surface area contributed by atoms with Crippen LogP contribution >= 0.6 is 0 Å². The molecule has 1 aliphatic rings. The molecule has 17 heavy (non-hydrogen) atoms. The van der Waals surface area contributed by atoms with Gasteiger partial charge in [0.2, 0.25) is 0 Å². The van der Waals surface area contributed by atoms with Gasteiger partial charge in [0.25, 0.3) is 5.91 Å². The van der Waals surface area contributed by atoms with Gasteiger partial charge < -0.3 is 10.4 Å². The lowest BCUT2D eigenvalue weighted by molar-refractivity contribution is 0.0966. The number of carbonyl (C=O) groups excluding carboxylic acids is 1. The van der Waals surface area contributed by atoms with E-state index < -0.39 is 0 Å². The lowest BCUT2D eigenvalue weighted by atomic mass is 9.97. The second-order valence-electron chi connectivity index (χ2n) is 4.06. The van der Waals surface area contributed by atoms with Crippen molar-refractivity contribution in [3.8, 4) is 16.9 Å². The zero-order valence-corrected chi connectivity index (χ0v) is 9.10. The quantitative estimate of drug-likeness (QED) is 0.782. The van der Waals surface area contributed by atoms with E-state index in [1.54, 1.807) is 12.1 Å². The van der Waals surface area contributed by atoms with Gasteiger partial charge in [0.05, 0.1) is 0 Å². The maximum Gasteiger partial charge on any atom is 0.251 e. The number of rotatable bonds is 1. The number of phenolic OH excluding ortho intramolecular Hbond substituents is 1. The van der Waals surface area contributed by atoms with E-state index in [0.29, 0.717) is 6.54 Å². The van der Waals surface area contributed by atoms with E-state index in [0.717, 1.165) is 22.3 Å². The van der Waals surface area contributed by atoms with Gasteiger partial charge in [0.1, 0.15) is 5.75 Å². The van der Waals surface area contributed by atoms with Crippen LogP contribution < -0.4 is 5.32 Å². The van der Waals surface area contributed by atoms with Gasteiger partial charge in [-0.2, -0.15) is 0 Å². The average Bonchev–Trinajstić information content (AvgIpc) is 2.73. The zero-order chi connectivity index (χ0) is 11.8. The lowest BCUT2D eigenvalue weighted by Gasteiger charge is -2.06. The van der Waals surface area contributed by atoms with E-state index >= 15 is 0 Å². The van der Waals surface area contributed by atoms with Crippen LogP contribution in [-0.2, 0) is 6.54 Å². The molecule has 0 unspecified atom stereocenters. The third-order valence-electron chi connectivity index (χ3n) is 3.02. The summed E-state index contributed by atoms with van der Waals surface area (Å²) in [6, 6.07) is 12.7. The molecule has 2 N–H and O–H groups in total. The van der Waals surface area contributed by atoms with Crippen molar-refractivity contribution >= 4 is 5.91 Å². The lowest BCUT2D eigenvalue weighted by Crippen LogP contribution is -2.12. The number of benzene rings is 2. The Morgan fingerprint density at radius 1 is 1.00 bits per heavy atom. The van der Waals surface area contributed by atoms with Crippen LogP contribution in [0.2, 0.25) is 0 Å². The van der Waals surface area contributed by atoms with Crippen molar-refractivity contribution in [2.75, 3.05) is 0 Å². The molecule has 0 spiro atoms. The molecule has 0 aromatic heterocycles. The number of phenols is 1. The van der Waals surface area contributed by atoms with Gasteiger partial charge in [0.15, 0.2) is 0 Å². The first kappa shape index (κ1) is 9.90. The summed E-state index contributed by atoms with van der Waals surface area (Å²) in [5.74, 6) is 0.233. The molecule has 2 aromatic carbocycles. The summed E-state index contributed by atoms with van der Waals surface area (Å²) in [6.07, 6.45) is 0. The smallest absolute Gasteiger partial charge is 0.251 e. The van der Waals surface area contributed by atoms with Gasteiger partial charge in [-0.05, 0) is 34.9 Å². The number of hydrogen-bond donors (Lipinski definition) is 2. The number of aromatic hydroxyl groups is 1. The minimum atomic E-state index is -0.0133. The molecular weight excluding hydrogens is 214 g/mol. The van der Waals surface area contributed by atoms with Crippen molar-refractivity contribution in [1.29, 1.82) is 0 Å². The average molecular weight is 225 g/mol. The van der Waals surface area contributed by atoms with E-state index in [4.69, 9.17) is 0 Å². The Kier molecular flexibility index (Phi) is 2.11. The molecule has 0 radical (unpaired) electrons. The van der Waals surface area contributed by atoms with Crippen LogP contribution in [0.25, 0.3) is 11.1 Å². The molecule has 0 aliphatic carbocycles. The van der Waals surface area contributed by atoms with Crippen LogP contribution in [0.15, 0.2) is 42.5 Å². The largest absolute Gasteiger partial charge is 0.508 e. The van der Waals surface area contributed by atoms with E-state index in [9.17, 15) is 9.90 Å². The van der Waals surface area contributed by atoms with Crippen molar-refractivity contribution in [3.63, 3.8) is 0 Å². The van der Waals surface area contributed by atoms with Gasteiger partial charge in [-0.25, -0.2) is 0 Å². The van der Waals surface area contributed by atoms with Crippen molar-refractivity contribution < 1.29 is 9.90 Å². The molecule has 3 heteroatoms. The maximum absolute atomic E-state index is 11.6. The number of hydrogen-bond acceptors (Lipinski definition) is 2. The Morgan fingerprint density at radius 2 is 1.71 bits per heavy atom. The van der Waals surface area contributed by atoms with E-state index in [-0.39, 0.29) is 11.7 Å². The first-order chi connectivity index (χ1) is 8.25. The Balaban J connectivity index is 2.16. The molecule has 1 amide bonds. The summed E-state index contributed by atoms with van der Waals surface area (Å²) < 4.78 is 0. The van der Waals surface area contributed by atoms with E-state index in [2.05, 4.69) is 5.32 Å². The normalized spacial score (nSPS) is 13.3. The van der Waals surface area contributed by atoms with Crippen LogP contribution in [0.3, 0.4) is 0 Å². The molecule has 1 heterocycles.